The van der Waals surface area contributed by atoms with E-state index in [4.69, 9.17) is 4.74 Å². The van der Waals surface area contributed by atoms with Gasteiger partial charge in [0.2, 0.25) is 0 Å². The van der Waals surface area contributed by atoms with E-state index >= 15 is 0 Å². The van der Waals surface area contributed by atoms with Crippen LogP contribution in [0.5, 0.6) is 0 Å². The fourth-order valence-corrected chi connectivity index (χ4v) is 2.69. The van der Waals surface area contributed by atoms with Crippen LogP contribution in [-0.4, -0.2) is 37.0 Å². The maximum atomic E-state index is 9.86. The van der Waals surface area contributed by atoms with Gasteiger partial charge in [0.05, 0.1) is 18.8 Å². The van der Waals surface area contributed by atoms with Gasteiger partial charge in [0.1, 0.15) is 0 Å². The van der Waals surface area contributed by atoms with Crippen LogP contribution in [0.3, 0.4) is 0 Å². The zero-order valence-corrected chi connectivity index (χ0v) is 12.3. The molecule has 3 nitrogen and oxygen atoms in total. The molecule has 1 saturated carbocycles. The molecule has 0 aromatic heterocycles. The molecule has 2 N–H and O–H groups in total. The first-order chi connectivity index (χ1) is 8.63. The fourth-order valence-electron chi connectivity index (χ4n) is 2.69. The van der Waals surface area contributed by atoms with Crippen LogP contribution >= 0.6 is 0 Å². The van der Waals surface area contributed by atoms with Crippen molar-refractivity contribution in [2.75, 3.05) is 19.7 Å². The lowest BCUT2D eigenvalue weighted by Crippen LogP contribution is -2.36. The zero-order chi connectivity index (χ0) is 13.4. The molecule has 0 aromatic rings. The second-order valence-corrected chi connectivity index (χ2v) is 6.03. The molecule has 0 aromatic carbocycles. The Bertz CT molecular complexity index is 209. The summed E-state index contributed by atoms with van der Waals surface area (Å²) in [6.07, 6.45) is 6.30. The van der Waals surface area contributed by atoms with Crippen LogP contribution in [-0.2, 0) is 4.74 Å². The Balaban J connectivity index is 2.14. The second-order valence-electron chi connectivity index (χ2n) is 6.03. The van der Waals surface area contributed by atoms with Gasteiger partial charge < -0.3 is 15.2 Å². The monoisotopic (exact) mass is 257 g/mol. The van der Waals surface area contributed by atoms with E-state index in [1.54, 1.807) is 0 Å². The Morgan fingerprint density at radius 2 is 1.94 bits per heavy atom. The molecule has 1 aliphatic rings. The highest BCUT2D eigenvalue weighted by atomic mass is 16.5. The molecule has 0 amide bonds. The van der Waals surface area contributed by atoms with Crippen molar-refractivity contribution in [3.05, 3.63) is 0 Å². The molecule has 0 spiro atoms. The highest BCUT2D eigenvalue weighted by Crippen LogP contribution is 2.29. The molecular formula is C15H31NO2. The summed E-state index contributed by atoms with van der Waals surface area (Å²) in [5.41, 5.74) is 0. The molecular weight excluding hydrogens is 226 g/mol. The van der Waals surface area contributed by atoms with Crippen molar-refractivity contribution in [3.8, 4) is 0 Å². The van der Waals surface area contributed by atoms with E-state index in [-0.39, 0.29) is 6.10 Å². The zero-order valence-electron chi connectivity index (χ0n) is 12.3. The van der Waals surface area contributed by atoms with Crippen LogP contribution in [0.4, 0.5) is 0 Å². The predicted octanol–water partition coefficient (Wildman–Crippen LogP) is 2.58. The largest absolute Gasteiger partial charge is 0.389 e. The van der Waals surface area contributed by atoms with Crippen LogP contribution in [0.1, 0.15) is 52.9 Å². The summed E-state index contributed by atoms with van der Waals surface area (Å²) in [7, 11) is 0. The molecule has 3 heteroatoms. The van der Waals surface area contributed by atoms with Gasteiger partial charge in [0.15, 0.2) is 0 Å². The first-order valence-electron chi connectivity index (χ1n) is 7.63. The lowest BCUT2D eigenvalue weighted by molar-refractivity contribution is -0.0499. The molecule has 0 bridgehead atoms. The first-order valence-corrected chi connectivity index (χ1v) is 7.63. The van der Waals surface area contributed by atoms with Crippen molar-refractivity contribution in [2.24, 2.45) is 11.8 Å². The SMILES string of the molecule is CC[C@@H]1CCCC[C@H]1OC[C@@H](O)CNCC(C)C. The van der Waals surface area contributed by atoms with E-state index in [1.807, 2.05) is 0 Å². The molecule has 0 radical (unpaired) electrons. The lowest BCUT2D eigenvalue weighted by Gasteiger charge is -2.31. The number of rotatable bonds is 8. The third kappa shape index (κ3) is 6.17. The van der Waals surface area contributed by atoms with Crippen LogP contribution in [0.15, 0.2) is 0 Å². The van der Waals surface area contributed by atoms with Crippen molar-refractivity contribution in [3.63, 3.8) is 0 Å². The van der Waals surface area contributed by atoms with E-state index in [0.29, 0.717) is 31.1 Å². The maximum absolute atomic E-state index is 9.86. The predicted molar refractivity (Wildman–Crippen MR) is 75.7 cm³/mol. The number of hydrogen-bond donors (Lipinski definition) is 2. The van der Waals surface area contributed by atoms with Gasteiger partial charge in [0, 0.05) is 6.54 Å². The highest BCUT2D eigenvalue weighted by molar-refractivity contribution is 4.75. The molecule has 0 saturated heterocycles. The third-order valence-electron chi connectivity index (χ3n) is 3.80. The van der Waals surface area contributed by atoms with Gasteiger partial charge in [-0.25, -0.2) is 0 Å². The summed E-state index contributed by atoms with van der Waals surface area (Å²) in [6, 6.07) is 0. The van der Waals surface area contributed by atoms with Crippen LogP contribution < -0.4 is 5.32 Å². The van der Waals surface area contributed by atoms with Crippen molar-refractivity contribution in [1.29, 1.82) is 0 Å². The Kier molecular flexibility index (Phi) is 7.87. The molecule has 0 heterocycles. The van der Waals surface area contributed by atoms with Crippen molar-refractivity contribution < 1.29 is 9.84 Å². The van der Waals surface area contributed by atoms with Gasteiger partial charge >= 0.3 is 0 Å². The Morgan fingerprint density at radius 1 is 1.22 bits per heavy atom. The van der Waals surface area contributed by atoms with E-state index in [1.165, 1.54) is 32.1 Å². The second kappa shape index (κ2) is 8.89. The molecule has 18 heavy (non-hydrogen) atoms. The van der Waals surface area contributed by atoms with Gasteiger partial charge in [-0.05, 0) is 31.2 Å². The third-order valence-corrected chi connectivity index (χ3v) is 3.80. The highest BCUT2D eigenvalue weighted by Gasteiger charge is 2.24. The minimum atomic E-state index is -0.372. The minimum absolute atomic E-state index is 0.372. The van der Waals surface area contributed by atoms with Gasteiger partial charge in [-0.1, -0.05) is 40.0 Å². The number of hydrogen-bond acceptors (Lipinski definition) is 3. The number of aliphatic hydroxyl groups excluding tert-OH is 1. The fraction of sp³-hybridized carbons (Fsp3) is 1.00. The van der Waals surface area contributed by atoms with E-state index in [0.717, 1.165) is 6.54 Å². The Morgan fingerprint density at radius 3 is 2.61 bits per heavy atom. The van der Waals surface area contributed by atoms with Crippen molar-refractivity contribution >= 4 is 0 Å². The summed E-state index contributed by atoms with van der Waals surface area (Å²) in [5, 5.41) is 13.1. The van der Waals surface area contributed by atoms with Gasteiger partial charge in [-0.3, -0.25) is 0 Å². The molecule has 0 aliphatic heterocycles. The average Bonchev–Trinajstić information content (AvgIpc) is 2.36. The van der Waals surface area contributed by atoms with Gasteiger partial charge in [0.25, 0.3) is 0 Å². The summed E-state index contributed by atoms with van der Waals surface area (Å²) in [6.45, 7) is 8.66. The summed E-state index contributed by atoms with van der Waals surface area (Å²) < 4.78 is 5.92. The number of aliphatic hydroxyl groups is 1. The molecule has 0 unspecified atom stereocenters. The van der Waals surface area contributed by atoms with Crippen molar-refractivity contribution in [2.45, 2.75) is 65.1 Å². The molecule has 1 rings (SSSR count). The van der Waals surface area contributed by atoms with Gasteiger partial charge in [-0.15, -0.1) is 0 Å². The van der Waals surface area contributed by atoms with Crippen LogP contribution in [0, 0.1) is 11.8 Å². The van der Waals surface area contributed by atoms with E-state index < -0.39 is 0 Å². The Labute approximate surface area is 112 Å². The minimum Gasteiger partial charge on any atom is -0.389 e. The lowest BCUT2D eigenvalue weighted by atomic mass is 9.85. The summed E-state index contributed by atoms with van der Waals surface area (Å²) in [5.74, 6) is 1.33. The van der Waals surface area contributed by atoms with E-state index in [2.05, 4.69) is 26.1 Å². The summed E-state index contributed by atoms with van der Waals surface area (Å²) >= 11 is 0. The van der Waals surface area contributed by atoms with Crippen LogP contribution in [0.25, 0.3) is 0 Å². The van der Waals surface area contributed by atoms with Crippen molar-refractivity contribution in [1.82, 2.24) is 5.32 Å². The first kappa shape index (κ1) is 15.9. The summed E-state index contributed by atoms with van der Waals surface area (Å²) in [4.78, 5) is 0. The normalized spacial score (nSPS) is 26.5. The maximum Gasteiger partial charge on any atom is 0.0897 e. The smallest absolute Gasteiger partial charge is 0.0897 e. The Hall–Kier alpha value is -0.120. The molecule has 108 valence electrons. The average molecular weight is 257 g/mol. The topological polar surface area (TPSA) is 41.5 Å². The van der Waals surface area contributed by atoms with Crippen LogP contribution in [0.2, 0.25) is 0 Å². The van der Waals surface area contributed by atoms with Gasteiger partial charge in [-0.2, -0.15) is 0 Å². The number of nitrogens with one attached hydrogen (secondary N) is 1. The standard InChI is InChI=1S/C15H31NO2/c1-4-13-7-5-6-8-15(13)18-11-14(17)10-16-9-12(2)3/h12-17H,4-11H2,1-3H3/t13-,14+,15-/m1/s1. The number of ether oxygens (including phenoxy) is 1. The molecule has 1 fully saturated rings. The van der Waals surface area contributed by atoms with E-state index in [9.17, 15) is 5.11 Å². The molecule has 1 aliphatic carbocycles. The quantitative estimate of drug-likeness (QED) is 0.702. The molecule has 3 atom stereocenters.